The van der Waals surface area contributed by atoms with Gasteiger partial charge < -0.3 is 25.8 Å². The van der Waals surface area contributed by atoms with Gasteiger partial charge in [0.1, 0.15) is 5.75 Å². The van der Waals surface area contributed by atoms with Gasteiger partial charge in [0.25, 0.3) is 5.91 Å². The Bertz CT molecular complexity index is 689. The average molecular weight is 360 g/mol. The lowest BCUT2D eigenvalue weighted by Gasteiger charge is -2.54. The van der Waals surface area contributed by atoms with Crippen molar-refractivity contribution in [1.82, 2.24) is 10.6 Å². The van der Waals surface area contributed by atoms with Crippen LogP contribution in [0.25, 0.3) is 0 Å². The van der Waals surface area contributed by atoms with E-state index in [1.165, 1.54) is 0 Å². The lowest BCUT2D eigenvalue weighted by Crippen LogP contribution is -2.67. The fourth-order valence-corrected chi connectivity index (χ4v) is 4.04. The second kappa shape index (κ2) is 7.53. The van der Waals surface area contributed by atoms with E-state index in [0.717, 1.165) is 24.6 Å². The van der Waals surface area contributed by atoms with Gasteiger partial charge >= 0.3 is 0 Å². The van der Waals surface area contributed by atoms with Crippen molar-refractivity contribution in [3.8, 4) is 5.75 Å². The number of hydrogen-bond donors (Lipinski definition) is 3. The number of carbonyl (C=O) groups excluding carboxylic acids is 1. The Balaban J connectivity index is 1.55. The molecule has 0 aromatic heterocycles. The second-order valence-electron chi connectivity index (χ2n) is 7.52. The Hall–Kier alpha value is -2.28. The highest BCUT2D eigenvalue weighted by molar-refractivity contribution is 5.80. The summed E-state index contributed by atoms with van der Waals surface area (Å²) in [6, 6.07) is 7.92. The standard InChI is InChI=1S/C19H28N4O3/c1-19(2)16(14-7-8-25-17(14)19)23-18(21-3)22-10-12-5-4-6-13(9-12)26-11-15(20)24/h4-6,9,14,16-17H,7-8,10-11H2,1-3H3,(H2,20,24)(H2,21,22,23). The molecule has 1 aliphatic carbocycles. The van der Waals surface area contributed by atoms with Crippen LogP contribution in [0.5, 0.6) is 5.75 Å². The molecule has 7 heteroatoms. The van der Waals surface area contributed by atoms with Crippen LogP contribution in [-0.2, 0) is 16.1 Å². The third-order valence-corrected chi connectivity index (χ3v) is 5.36. The normalized spacial score (nSPS) is 26.6. The van der Waals surface area contributed by atoms with Gasteiger partial charge in [-0.1, -0.05) is 26.0 Å². The zero-order chi connectivity index (χ0) is 18.7. The molecule has 4 N–H and O–H groups in total. The molecule has 1 aromatic carbocycles. The molecule has 3 atom stereocenters. The number of aliphatic imine (C=N–C) groups is 1. The molecule has 0 radical (unpaired) electrons. The Kier molecular flexibility index (Phi) is 5.36. The van der Waals surface area contributed by atoms with Gasteiger partial charge in [-0.25, -0.2) is 0 Å². The maximum atomic E-state index is 10.8. The number of rotatable bonds is 6. The molecule has 7 nitrogen and oxygen atoms in total. The van der Waals surface area contributed by atoms with Crippen LogP contribution >= 0.6 is 0 Å². The van der Waals surface area contributed by atoms with Crippen molar-refractivity contribution in [2.24, 2.45) is 22.1 Å². The topological polar surface area (TPSA) is 98.0 Å². The number of benzene rings is 1. The number of fused-ring (bicyclic) bond motifs is 1. The minimum absolute atomic E-state index is 0.0985. The Morgan fingerprint density at radius 1 is 1.46 bits per heavy atom. The summed E-state index contributed by atoms with van der Waals surface area (Å²) in [6.45, 7) is 5.81. The highest BCUT2D eigenvalue weighted by Crippen LogP contribution is 2.52. The zero-order valence-electron chi connectivity index (χ0n) is 15.6. The van der Waals surface area contributed by atoms with E-state index in [0.29, 0.717) is 30.4 Å². The molecule has 2 aliphatic rings. The monoisotopic (exact) mass is 360 g/mol. The van der Waals surface area contributed by atoms with E-state index in [1.54, 1.807) is 13.1 Å². The quantitative estimate of drug-likeness (QED) is 0.520. The fraction of sp³-hybridized carbons (Fsp3) is 0.579. The molecule has 142 valence electrons. The molecule has 26 heavy (non-hydrogen) atoms. The van der Waals surface area contributed by atoms with Gasteiger partial charge in [-0.15, -0.1) is 0 Å². The van der Waals surface area contributed by atoms with Crippen LogP contribution in [0, 0.1) is 11.3 Å². The first-order chi connectivity index (χ1) is 12.4. The summed E-state index contributed by atoms with van der Waals surface area (Å²) in [5, 5.41) is 6.90. The number of nitrogens with one attached hydrogen (secondary N) is 2. The SMILES string of the molecule is CN=C(NCc1cccc(OCC(N)=O)c1)NC1C2CCOC2C1(C)C. The van der Waals surface area contributed by atoms with Gasteiger partial charge in [-0.3, -0.25) is 9.79 Å². The van der Waals surface area contributed by atoms with E-state index in [1.807, 2.05) is 18.2 Å². The van der Waals surface area contributed by atoms with Crippen molar-refractivity contribution in [2.45, 2.75) is 39.0 Å². The van der Waals surface area contributed by atoms with Crippen LogP contribution in [0.3, 0.4) is 0 Å². The molecule has 1 heterocycles. The molecule has 3 rings (SSSR count). The number of carbonyl (C=O) groups is 1. The minimum atomic E-state index is -0.490. The molecule has 1 aliphatic heterocycles. The van der Waals surface area contributed by atoms with Gasteiger partial charge in [0.2, 0.25) is 0 Å². The second-order valence-corrected chi connectivity index (χ2v) is 7.52. The first kappa shape index (κ1) is 18.5. The highest BCUT2D eigenvalue weighted by atomic mass is 16.5. The summed E-state index contributed by atoms with van der Waals surface area (Å²) < 4.78 is 11.2. The van der Waals surface area contributed by atoms with E-state index < -0.39 is 5.91 Å². The molecule has 1 saturated heterocycles. The molecule has 3 unspecified atom stereocenters. The predicted octanol–water partition coefficient (Wildman–Crippen LogP) is 1.03. The van der Waals surface area contributed by atoms with Crippen LogP contribution in [-0.4, -0.2) is 44.3 Å². The van der Waals surface area contributed by atoms with Crippen molar-refractivity contribution >= 4 is 11.9 Å². The first-order valence-corrected chi connectivity index (χ1v) is 9.00. The molecule has 1 saturated carbocycles. The van der Waals surface area contributed by atoms with Crippen LogP contribution in [0.1, 0.15) is 25.8 Å². The molecular formula is C19H28N4O3. The largest absolute Gasteiger partial charge is 0.484 e. The Morgan fingerprint density at radius 2 is 2.27 bits per heavy atom. The first-order valence-electron chi connectivity index (χ1n) is 9.00. The maximum absolute atomic E-state index is 10.8. The van der Waals surface area contributed by atoms with Gasteiger partial charge in [0.05, 0.1) is 6.10 Å². The third kappa shape index (κ3) is 3.77. The molecule has 1 aromatic rings. The zero-order valence-corrected chi connectivity index (χ0v) is 15.6. The minimum Gasteiger partial charge on any atom is -0.484 e. The lowest BCUT2D eigenvalue weighted by atomic mass is 9.57. The van der Waals surface area contributed by atoms with Gasteiger partial charge in [-0.05, 0) is 24.1 Å². The van der Waals surface area contributed by atoms with Gasteiger partial charge in [-0.2, -0.15) is 0 Å². The summed E-state index contributed by atoms with van der Waals surface area (Å²) in [4.78, 5) is 15.2. The fourth-order valence-electron chi connectivity index (χ4n) is 4.04. The van der Waals surface area contributed by atoms with Crippen molar-refractivity contribution in [3.05, 3.63) is 29.8 Å². The number of amides is 1. The summed E-state index contributed by atoms with van der Waals surface area (Å²) in [5.41, 5.74) is 6.24. The number of guanidine groups is 1. The third-order valence-electron chi connectivity index (χ3n) is 5.36. The van der Waals surface area contributed by atoms with E-state index in [4.69, 9.17) is 15.2 Å². The Morgan fingerprint density at radius 3 is 3.00 bits per heavy atom. The Labute approximate surface area is 154 Å². The number of nitrogens with zero attached hydrogens (tertiary/aromatic N) is 1. The maximum Gasteiger partial charge on any atom is 0.255 e. The van der Waals surface area contributed by atoms with Crippen molar-refractivity contribution < 1.29 is 14.3 Å². The molecule has 0 spiro atoms. The van der Waals surface area contributed by atoms with Gasteiger partial charge in [0, 0.05) is 37.6 Å². The smallest absolute Gasteiger partial charge is 0.255 e. The summed E-state index contributed by atoms with van der Waals surface area (Å²) in [7, 11) is 1.77. The van der Waals surface area contributed by atoms with Crippen LogP contribution in [0.15, 0.2) is 29.3 Å². The number of nitrogens with two attached hydrogens (primary N) is 1. The van der Waals surface area contributed by atoms with E-state index in [-0.39, 0.29) is 12.0 Å². The van der Waals surface area contributed by atoms with Crippen LogP contribution < -0.4 is 21.1 Å². The van der Waals surface area contributed by atoms with Gasteiger partial charge in [0.15, 0.2) is 12.6 Å². The lowest BCUT2D eigenvalue weighted by molar-refractivity contribution is -0.119. The number of primary amides is 1. The number of hydrogen-bond acceptors (Lipinski definition) is 4. The molecule has 1 amide bonds. The van der Waals surface area contributed by atoms with Crippen LogP contribution in [0.2, 0.25) is 0 Å². The highest BCUT2D eigenvalue weighted by Gasteiger charge is 2.59. The summed E-state index contributed by atoms with van der Waals surface area (Å²) >= 11 is 0. The molecule has 2 fully saturated rings. The summed E-state index contributed by atoms with van der Waals surface area (Å²) in [6.07, 6.45) is 1.44. The van der Waals surface area contributed by atoms with Crippen molar-refractivity contribution in [2.75, 3.05) is 20.3 Å². The molecular weight excluding hydrogens is 332 g/mol. The van der Waals surface area contributed by atoms with E-state index in [2.05, 4.69) is 29.5 Å². The van der Waals surface area contributed by atoms with E-state index in [9.17, 15) is 4.79 Å². The average Bonchev–Trinajstić information content (AvgIpc) is 3.07. The van der Waals surface area contributed by atoms with Crippen molar-refractivity contribution in [1.29, 1.82) is 0 Å². The molecule has 0 bridgehead atoms. The van der Waals surface area contributed by atoms with Crippen molar-refractivity contribution in [3.63, 3.8) is 0 Å². The predicted molar refractivity (Wildman–Crippen MR) is 99.9 cm³/mol. The number of ether oxygens (including phenoxy) is 2. The van der Waals surface area contributed by atoms with Crippen LogP contribution in [0.4, 0.5) is 0 Å². The van der Waals surface area contributed by atoms with E-state index >= 15 is 0 Å². The summed E-state index contributed by atoms with van der Waals surface area (Å²) in [5.74, 6) is 1.46.